The highest BCUT2D eigenvalue weighted by Gasteiger charge is 2.43. The zero-order valence-electron chi connectivity index (χ0n) is 15.7. The monoisotopic (exact) mass is 367 g/mol. The fourth-order valence-corrected chi connectivity index (χ4v) is 4.27. The molecule has 2 aliphatic heterocycles. The third-order valence-electron chi connectivity index (χ3n) is 5.67. The number of hydrogen-bond acceptors (Lipinski definition) is 6. The van der Waals surface area contributed by atoms with Gasteiger partial charge in [-0.15, -0.1) is 0 Å². The molecule has 7 heteroatoms. The predicted octanol–water partition coefficient (Wildman–Crippen LogP) is 1.94. The Morgan fingerprint density at radius 1 is 1.19 bits per heavy atom. The van der Waals surface area contributed by atoms with E-state index in [1.807, 2.05) is 29.2 Å². The lowest BCUT2D eigenvalue weighted by molar-refractivity contribution is -0.129. The van der Waals surface area contributed by atoms with Gasteiger partial charge in [0.25, 0.3) is 0 Å². The number of amides is 1. The number of ether oxygens (including phenoxy) is 1. The molecule has 0 bridgehead atoms. The number of carbonyl (C=O) groups excluding carboxylic acids is 1. The summed E-state index contributed by atoms with van der Waals surface area (Å²) in [6, 6.07) is 7.60. The number of carbonyl (C=O) groups is 1. The van der Waals surface area contributed by atoms with Crippen molar-refractivity contribution in [2.45, 2.75) is 25.7 Å². The minimum absolute atomic E-state index is 0.149. The maximum absolute atomic E-state index is 12.7. The van der Waals surface area contributed by atoms with Gasteiger partial charge in [-0.1, -0.05) is 6.07 Å². The fourth-order valence-electron chi connectivity index (χ4n) is 4.27. The standard InChI is InChI=1S/C20H25N5O2/c1-27-18-12-17(22-15-23-18)24-9-4-6-20(13-24)7-10-25(14-20)19(26)11-16-5-2-3-8-21-16/h2-3,5,8,12,15H,4,6-7,9-11,13-14H2,1H3/t20-/m1/s1. The molecule has 1 atom stereocenters. The summed E-state index contributed by atoms with van der Waals surface area (Å²) >= 11 is 0. The van der Waals surface area contributed by atoms with Crippen LogP contribution >= 0.6 is 0 Å². The van der Waals surface area contributed by atoms with E-state index < -0.39 is 0 Å². The maximum atomic E-state index is 12.7. The van der Waals surface area contributed by atoms with Gasteiger partial charge in [0.15, 0.2) is 0 Å². The minimum atomic E-state index is 0.149. The topological polar surface area (TPSA) is 71.5 Å². The third kappa shape index (κ3) is 3.86. The molecular weight excluding hydrogens is 342 g/mol. The molecule has 0 N–H and O–H groups in total. The molecule has 4 rings (SSSR count). The summed E-state index contributed by atoms with van der Waals surface area (Å²) in [5.41, 5.74) is 0.984. The van der Waals surface area contributed by atoms with E-state index in [0.29, 0.717) is 12.3 Å². The van der Waals surface area contributed by atoms with Crippen molar-refractivity contribution in [2.24, 2.45) is 5.41 Å². The molecular formula is C20H25N5O2. The first-order valence-corrected chi connectivity index (χ1v) is 9.46. The zero-order chi connectivity index (χ0) is 18.7. The number of piperidine rings is 1. The maximum Gasteiger partial charge on any atom is 0.228 e. The molecule has 7 nitrogen and oxygen atoms in total. The molecule has 0 aliphatic carbocycles. The van der Waals surface area contributed by atoms with Gasteiger partial charge < -0.3 is 14.5 Å². The first kappa shape index (κ1) is 17.7. The van der Waals surface area contributed by atoms with Crippen molar-refractivity contribution in [2.75, 3.05) is 38.2 Å². The van der Waals surface area contributed by atoms with Crippen molar-refractivity contribution in [3.63, 3.8) is 0 Å². The van der Waals surface area contributed by atoms with E-state index in [1.165, 1.54) is 0 Å². The van der Waals surface area contributed by atoms with Gasteiger partial charge in [0, 0.05) is 49.6 Å². The Morgan fingerprint density at radius 3 is 2.93 bits per heavy atom. The average Bonchev–Trinajstić information content (AvgIpc) is 3.12. The Kier molecular flexibility index (Phi) is 4.92. The van der Waals surface area contributed by atoms with Crippen LogP contribution in [0.5, 0.6) is 5.88 Å². The molecule has 27 heavy (non-hydrogen) atoms. The highest BCUT2D eigenvalue weighted by Crippen LogP contribution is 2.40. The molecule has 0 aromatic carbocycles. The average molecular weight is 367 g/mol. The highest BCUT2D eigenvalue weighted by molar-refractivity contribution is 5.78. The van der Waals surface area contributed by atoms with Crippen molar-refractivity contribution in [1.82, 2.24) is 19.9 Å². The van der Waals surface area contributed by atoms with Crippen LogP contribution in [0.3, 0.4) is 0 Å². The van der Waals surface area contributed by atoms with Crippen molar-refractivity contribution in [1.29, 1.82) is 0 Å². The molecule has 0 radical (unpaired) electrons. The first-order valence-electron chi connectivity index (χ1n) is 9.46. The van der Waals surface area contributed by atoms with Gasteiger partial charge in [0.2, 0.25) is 11.8 Å². The normalized spacial score (nSPS) is 22.3. The Morgan fingerprint density at radius 2 is 2.11 bits per heavy atom. The second kappa shape index (κ2) is 7.50. The molecule has 1 spiro atoms. The smallest absolute Gasteiger partial charge is 0.228 e. The van der Waals surface area contributed by atoms with Gasteiger partial charge in [0.05, 0.1) is 13.5 Å². The highest BCUT2D eigenvalue weighted by atomic mass is 16.5. The van der Waals surface area contributed by atoms with Crippen molar-refractivity contribution < 1.29 is 9.53 Å². The summed E-state index contributed by atoms with van der Waals surface area (Å²) in [6.07, 6.45) is 6.97. The molecule has 2 aromatic heterocycles. The quantitative estimate of drug-likeness (QED) is 0.822. The van der Waals surface area contributed by atoms with Crippen molar-refractivity contribution >= 4 is 11.7 Å². The lowest BCUT2D eigenvalue weighted by Crippen LogP contribution is -2.46. The molecule has 2 aliphatic rings. The number of nitrogens with zero attached hydrogens (tertiary/aromatic N) is 5. The molecule has 1 amide bonds. The number of rotatable bonds is 4. The van der Waals surface area contributed by atoms with Crippen LogP contribution in [0, 0.1) is 5.41 Å². The van der Waals surface area contributed by atoms with Crippen LogP contribution in [0.2, 0.25) is 0 Å². The Balaban J connectivity index is 1.42. The van der Waals surface area contributed by atoms with Gasteiger partial charge in [-0.05, 0) is 31.4 Å². The number of methoxy groups -OCH3 is 1. The number of aromatic nitrogens is 3. The van der Waals surface area contributed by atoms with Gasteiger partial charge in [-0.2, -0.15) is 0 Å². The number of pyridine rings is 1. The van der Waals surface area contributed by atoms with E-state index >= 15 is 0 Å². The van der Waals surface area contributed by atoms with Crippen molar-refractivity contribution in [3.8, 4) is 5.88 Å². The molecule has 142 valence electrons. The summed E-state index contributed by atoms with van der Waals surface area (Å²) in [5, 5.41) is 0. The predicted molar refractivity (Wildman–Crippen MR) is 102 cm³/mol. The number of likely N-dealkylation sites (tertiary alicyclic amines) is 1. The molecule has 0 unspecified atom stereocenters. The summed E-state index contributed by atoms with van der Waals surface area (Å²) in [6.45, 7) is 3.54. The third-order valence-corrected chi connectivity index (χ3v) is 5.67. The van der Waals surface area contributed by atoms with E-state index in [9.17, 15) is 4.79 Å². The van der Waals surface area contributed by atoms with E-state index in [4.69, 9.17) is 4.74 Å². The Bertz CT molecular complexity index is 800. The van der Waals surface area contributed by atoms with Gasteiger partial charge in [-0.25, -0.2) is 9.97 Å². The van der Waals surface area contributed by atoms with Crippen LogP contribution in [0.25, 0.3) is 0 Å². The lowest BCUT2D eigenvalue weighted by Gasteiger charge is -2.41. The number of hydrogen-bond donors (Lipinski definition) is 0. The lowest BCUT2D eigenvalue weighted by atomic mass is 9.79. The number of anilines is 1. The molecule has 2 aromatic rings. The summed E-state index contributed by atoms with van der Waals surface area (Å²) < 4.78 is 5.23. The van der Waals surface area contributed by atoms with Crippen LogP contribution in [0.15, 0.2) is 36.8 Å². The summed E-state index contributed by atoms with van der Waals surface area (Å²) in [4.78, 5) is 29.8. The molecule has 0 saturated carbocycles. The largest absolute Gasteiger partial charge is 0.481 e. The van der Waals surface area contributed by atoms with Crippen LogP contribution in [-0.2, 0) is 11.2 Å². The van der Waals surface area contributed by atoms with Crippen LogP contribution < -0.4 is 9.64 Å². The second-order valence-corrected chi connectivity index (χ2v) is 7.51. The van der Waals surface area contributed by atoms with Crippen molar-refractivity contribution in [3.05, 3.63) is 42.5 Å². The van der Waals surface area contributed by atoms with E-state index in [1.54, 1.807) is 19.6 Å². The van der Waals surface area contributed by atoms with Gasteiger partial charge >= 0.3 is 0 Å². The van der Waals surface area contributed by atoms with Gasteiger partial charge in [0.1, 0.15) is 12.1 Å². The first-order chi connectivity index (χ1) is 13.2. The van der Waals surface area contributed by atoms with Crippen LogP contribution in [-0.4, -0.2) is 59.0 Å². The van der Waals surface area contributed by atoms with E-state index in [-0.39, 0.29) is 11.3 Å². The Labute approximate surface area is 159 Å². The summed E-state index contributed by atoms with van der Waals surface area (Å²) in [7, 11) is 1.62. The Hall–Kier alpha value is -2.70. The summed E-state index contributed by atoms with van der Waals surface area (Å²) in [5.74, 6) is 1.66. The molecule has 2 saturated heterocycles. The molecule has 2 fully saturated rings. The van der Waals surface area contributed by atoms with Gasteiger partial charge in [-0.3, -0.25) is 9.78 Å². The van der Waals surface area contributed by atoms with Crippen LogP contribution in [0.1, 0.15) is 25.0 Å². The van der Waals surface area contributed by atoms with E-state index in [0.717, 1.165) is 57.0 Å². The van der Waals surface area contributed by atoms with Crippen LogP contribution in [0.4, 0.5) is 5.82 Å². The SMILES string of the molecule is COc1cc(N2CCC[C@@]3(CCN(C(=O)Cc4ccccn4)C3)C2)ncn1. The fraction of sp³-hybridized carbons (Fsp3) is 0.500. The minimum Gasteiger partial charge on any atom is -0.481 e. The van der Waals surface area contributed by atoms with E-state index in [2.05, 4.69) is 19.9 Å². The molecule has 4 heterocycles. The zero-order valence-corrected chi connectivity index (χ0v) is 15.7. The second-order valence-electron chi connectivity index (χ2n) is 7.51.